The molecule has 0 N–H and O–H groups in total. The molecule has 0 aliphatic heterocycles. The number of hydrogen-bond acceptors (Lipinski definition) is 2. The molecule has 0 spiro atoms. The van der Waals surface area contributed by atoms with Gasteiger partial charge in [0.25, 0.3) is 0 Å². The smallest absolute Gasteiger partial charge is 0.230 e. The van der Waals surface area contributed by atoms with E-state index in [1.54, 1.807) is 47.5 Å². The van der Waals surface area contributed by atoms with E-state index in [1.807, 2.05) is 23.6 Å². The summed E-state index contributed by atoms with van der Waals surface area (Å²) in [5.41, 5.74) is 2.49. The molecule has 3 aromatic rings. The van der Waals surface area contributed by atoms with Crippen LogP contribution in [-0.2, 0) is 4.79 Å². The van der Waals surface area contributed by atoms with Crippen LogP contribution in [0.4, 0.5) is 11.6 Å². The van der Waals surface area contributed by atoms with Gasteiger partial charge in [0.05, 0.1) is 11.9 Å². The lowest BCUT2D eigenvalue weighted by Gasteiger charge is -2.22. The van der Waals surface area contributed by atoms with E-state index in [2.05, 4.69) is 4.98 Å². The number of aryl methyl sites for hydroxylation is 1. The predicted octanol–water partition coefficient (Wildman–Crippen LogP) is 5.17. The highest BCUT2D eigenvalue weighted by Crippen LogP contribution is 2.29. The fourth-order valence-electron chi connectivity index (χ4n) is 2.52. The molecule has 0 bridgehead atoms. The maximum Gasteiger partial charge on any atom is 0.230 e. The number of halogens is 2. The Morgan fingerprint density at radius 2 is 1.54 bits per heavy atom. The first kappa shape index (κ1) is 16.6. The summed E-state index contributed by atoms with van der Waals surface area (Å²) in [5, 5.41) is 1.26. The Morgan fingerprint density at radius 3 is 2.08 bits per heavy atom. The second kappa shape index (κ2) is 6.67. The van der Waals surface area contributed by atoms with E-state index < -0.39 is 0 Å². The van der Waals surface area contributed by atoms with Crippen LogP contribution < -0.4 is 4.90 Å². The number of anilines is 2. The highest BCUT2D eigenvalue weighted by atomic mass is 35.5. The highest BCUT2D eigenvalue weighted by Gasteiger charge is 2.21. The average Bonchev–Trinajstić information content (AvgIpc) is 2.91. The third-order valence-corrected chi connectivity index (χ3v) is 4.11. The van der Waals surface area contributed by atoms with E-state index in [4.69, 9.17) is 23.2 Å². The van der Waals surface area contributed by atoms with Crippen LogP contribution in [0.25, 0.3) is 5.69 Å². The number of amides is 1. The van der Waals surface area contributed by atoms with Crippen LogP contribution in [0, 0.1) is 6.92 Å². The van der Waals surface area contributed by atoms with Gasteiger partial charge in [-0.15, -0.1) is 0 Å². The first-order chi connectivity index (χ1) is 11.5. The number of nitrogens with zero attached hydrogens (tertiary/aromatic N) is 3. The van der Waals surface area contributed by atoms with Gasteiger partial charge in [0.1, 0.15) is 0 Å². The maximum atomic E-state index is 12.3. The lowest BCUT2D eigenvalue weighted by atomic mass is 10.3. The van der Waals surface area contributed by atoms with Gasteiger partial charge in [0, 0.05) is 28.4 Å². The molecule has 0 aliphatic rings. The van der Waals surface area contributed by atoms with Crippen molar-refractivity contribution in [2.24, 2.45) is 0 Å². The maximum absolute atomic E-state index is 12.3. The Kier molecular flexibility index (Phi) is 4.60. The molecule has 2 aromatic carbocycles. The summed E-state index contributed by atoms with van der Waals surface area (Å²) in [6, 6.07) is 14.5. The standard InChI is InChI=1S/C18H15Cl2N3O/c1-12-11-21-18(22(12)16-7-3-14(19)4-8-16)23(13(2)24)17-9-5-15(20)6-10-17/h3-11H,1-2H3. The van der Waals surface area contributed by atoms with E-state index in [-0.39, 0.29) is 5.91 Å². The Labute approximate surface area is 150 Å². The Morgan fingerprint density at radius 1 is 1.00 bits per heavy atom. The average molecular weight is 360 g/mol. The fraction of sp³-hybridized carbons (Fsp3) is 0.111. The van der Waals surface area contributed by atoms with Gasteiger partial charge in [0.2, 0.25) is 11.9 Å². The zero-order chi connectivity index (χ0) is 17.3. The fourth-order valence-corrected chi connectivity index (χ4v) is 2.77. The minimum absolute atomic E-state index is 0.141. The van der Waals surface area contributed by atoms with Gasteiger partial charge in [-0.3, -0.25) is 14.3 Å². The molecular weight excluding hydrogens is 345 g/mol. The molecular formula is C18H15Cl2N3O. The van der Waals surface area contributed by atoms with Crippen molar-refractivity contribution in [3.63, 3.8) is 0 Å². The Balaban J connectivity index is 2.14. The van der Waals surface area contributed by atoms with Crippen LogP contribution in [-0.4, -0.2) is 15.5 Å². The van der Waals surface area contributed by atoms with Crippen molar-refractivity contribution in [2.45, 2.75) is 13.8 Å². The second-order valence-electron chi connectivity index (χ2n) is 5.34. The van der Waals surface area contributed by atoms with E-state index in [0.29, 0.717) is 21.7 Å². The topological polar surface area (TPSA) is 38.1 Å². The van der Waals surface area contributed by atoms with Gasteiger partial charge in [-0.1, -0.05) is 23.2 Å². The molecule has 0 aliphatic carbocycles. The van der Waals surface area contributed by atoms with Crippen molar-refractivity contribution < 1.29 is 4.79 Å². The molecule has 24 heavy (non-hydrogen) atoms. The molecule has 0 fully saturated rings. The third kappa shape index (κ3) is 3.16. The second-order valence-corrected chi connectivity index (χ2v) is 6.22. The molecule has 1 heterocycles. The lowest BCUT2D eigenvalue weighted by molar-refractivity contribution is -0.115. The summed E-state index contributed by atoms with van der Waals surface area (Å²) in [4.78, 5) is 18.3. The van der Waals surface area contributed by atoms with E-state index in [9.17, 15) is 4.79 Å². The molecule has 1 aromatic heterocycles. The number of carbonyl (C=O) groups is 1. The van der Waals surface area contributed by atoms with Gasteiger partial charge < -0.3 is 0 Å². The van der Waals surface area contributed by atoms with Crippen LogP contribution in [0.15, 0.2) is 54.7 Å². The normalized spacial score (nSPS) is 10.7. The number of hydrogen-bond donors (Lipinski definition) is 0. The number of imidazole rings is 1. The molecule has 0 saturated heterocycles. The molecule has 4 nitrogen and oxygen atoms in total. The molecule has 0 unspecified atom stereocenters. The molecule has 0 saturated carbocycles. The summed E-state index contributed by atoms with van der Waals surface area (Å²) in [7, 11) is 0. The van der Waals surface area contributed by atoms with Gasteiger partial charge in [-0.2, -0.15) is 0 Å². The quantitative estimate of drug-likeness (QED) is 0.646. The predicted molar refractivity (Wildman–Crippen MR) is 97.6 cm³/mol. The number of benzene rings is 2. The molecule has 122 valence electrons. The van der Waals surface area contributed by atoms with E-state index in [0.717, 1.165) is 11.4 Å². The summed E-state index contributed by atoms with van der Waals surface area (Å²) < 4.78 is 1.91. The number of aromatic nitrogens is 2. The van der Waals surface area contributed by atoms with Crippen LogP contribution in [0.1, 0.15) is 12.6 Å². The zero-order valence-electron chi connectivity index (χ0n) is 13.2. The molecule has 0 atom stereocenters. The minimum atomic E-state index is -0.141. The monoisotopic (exact) mass is 359 g/mol. The highest BCUT2D eigenvalue weighted by molar-refractivity contribution is 6.30. The van der Waals surface area contributed by atoms with Crippen molar-refractivity contribution in [2.75, 3.05) is 4.90 Å². The van der Waals surface area contributed by atoms with Gasteiger partial charge in [-0.25, -0.2) is 4.98 Å². The molecule has 6 heteroatoms. The van der Waals surface area contributed by atoms with Crippen molar-refractivity contribution >= 4 is 40.7 Å². The zero-order valence-corrected chi connectivity index (χ0v) is 14.7. The van der Waals surface area contributed by atoms with Gasteiger partial charge >= 0.3 is 0 Å². The summed E-state index contributed by atoms with van der Waals surface area (Å²) in [5.74, 6) is 0.378. The SMILES string of the molecule is CC(=O)N(c1ccc(Cl)cc1)c1ncc(C)n1-c1ccc(Cl)cc1. The molecule has 0 radical (unpaired) electrons. The largest absolute Gasteiger partial charge is 0.283 e. The Hall–Kier alpha value is -2.30. The minimum Gasteiger partial charge on any atom is -0.283 e. The molecule has 3 rings (SSSR count). The van der Waals surface area contributed by atoms with E-state index in [1.165, 1.54) is 6.92 Å². The first-order valence-electron chi connectivity index (χ1n) is 7.34. The lowest BCUT2D eigenvalue weighted by Crippen LogP contribution is -2.26. The van der Waals surface area contributed by atoms with E-state index >= 15 is 0 Å². The van der Waals surface area contributed by atoms with Crippen LogP contribution in [0.2, 0.25) is 10.0 Å². The van der Waals surface area contributed by atoms with Crippen LogP contribution >= 0.6 is 23.2 Å². The van der Waals surface area contributed by atoms with Gasteiger partial charge in [0.15, 0.2) is 0 Å². The first-order valence-corrected chi connectivity index (χ1v) is 8.09. The van der Waals surface area contributed by atoms with Crippen molar-refractivity contribution in [3.05, 3.63) is 70.5 Å². The van der Waals surface area contributed by atoms with Crippen LogP contribution in [0.5, 0.6) is 0 Å². The van der Waals surface area contributed by atoms with Gasteiger partial charge in [-0.05, 0) is 55.5 Å². The summed E-state index contributed by atoms with van der Waals surface area (Å²) in [6.45, 7) is 3.44. The van der Waals surface area contributed by atoms with Crippen LogP contribution in [0.3, 0.4) is 0 Å². The number of carbonyl (C=O) groups excluding carboxylic acids is 1. The summed E-state index contributed by atoms with van der Waals surface area (Å²) in [6.07, 6.45) is 1.73. The van der Waals surface area contributed by atoms with Crippen molar-refractivity contribution in [1.29, 1.82) is 0 Å². The molecule has 1 amide bonds. The van der Waals surface area contributed by atoms with Crippen molar-refractivity contribution in [3.8, 4) is 5.69 Å². The van der Waals surface area contributed by atoms with Crippen molar-refractivity contribution in [1.82, 2.24) is 9.55 Å². The Bertz CT molecular complexity index is 870. The summed E-state index contributed by atoms with van der Waals surface area (Å²) >= 11 is 11.9. The third-order valence-electron chi connectivity index (χ3n) is 3.60. The number of rotatable bonds is 3.